The third kappa shape index (κ3) is 5.62. The Hall–Kier alpha value is -0.440. The van der Waals surface area contributed by atoms with Crippen LogP contribution in [0, 0.1) is 5.92 Å². The zero-order valence-corrected chi connectivity index (χ0v) is 11.9. The van der Waals surface area contributed by atoms with Crippen molar-refractivity contribution in [1.29, 1.82) is 0 Å². The molecule has 0 N–H and O–H groups in total. The summed E-state index contributed by atoms with van der Waals surface area (Å²) in [6.45, 7) is 7.36. The van der Waals surface area contributed by atoms with E-state index in [-0.39, 0.29) is 6.09 Å². The molecule has 1 amide bonds. The summed E-state index contributed by atoms with van der Waals surface area (Å²) in [4.78, 5) is 13.8. The molecule has 1 aliphatic rings. The number of piperidine rings is 1. The highest BCUT2D eigenvalue weighted by Crippen LogP contribution is 2.22. The zero-order chi connectivity index (χ0) is 12.9. The molecule has 0 aromatic carbocycles. The minimum atomic E-state index is -0.403. The van der Waals surface area contributed by atoms with Crippen molar-refractivity contribution < 1.29 is 9.53 Å². The lowest BCUT2D eigenvalue weighted by atomic mass is 9.94. The van der Waals surface area contributed by atoms with Crippen LogP contribution in [0.4, 0.5) is 4.79 Å². The first-order valence-corrected chi connectivity index (χ1v) is 6.99. The second-order valence-electron chi connectivity index (χ2n) is 5.77. The molecule has 1 heterocycles. The predicted octanol–water partition coefficient (Wildman–Crippen LogP) is 3.65. The van der Waals surface area contributed by atoms with Crippen LogP contribution in [0.1, 0.15) is 46.5 Å². The van der Waals surface area contributed by atoms with Gasteiger partial charge in [0, 0.05) is 19.0 Å². The molecule has 1 fully saturated rings. The molecule has 0 aliphatic carbocycles. The summed E-state index contributed by atoms with van der Waals surface area (Å²) >= 11 is 5.70. The summed E-state index contributed by atoms with van der Waals surface area (Å²) in [6.07, 6.45) is 4.26. The van der Waals surface area contributed by atoms with Gasteiger partial charge in [0.25, 0.3) is 0 Å². The lowest BCUT2D eigenvalue weighted by molar-refractivity contribution is 0.0161. The minimum absolute atomic E-state index is 0.173. The molecule has 1 saturated heterocycles. The van der Waals surface area contributed by atoms with E-state index in [1.54, 1.807) is 0 Å². The Bertz CT molecular complexity index is 250. The van der Waals surface area contributed by atoms with E-state index in [1.807, 2.05) is 25.7 Å². The van der Waals surface area contributed by atoms with Gasteiger partial charge < -0.3 is 9.64 Å². The fourth-order valence-electron chi connectivity index (χ4n) is 2.16. The second-order valence-corrected chi connectivity index (χ2v) is 6.14. The van der Waals surface area contributed by atoms with E-state index >= 15 is 0 Å². The summed E-state index contributed by atoms with van der Waals surface area (Å²) in [5.74, 6) is 1.30. The molecule has 0 unspecified atom stereocenters. The predicted molar refractivity (Wildman–Crippen MR) is 70.5 cm³/mol. The molecule has 1 rings (SSSR count). The van der Waals surface area contributed by atoms with Crippen molar-refractivity contribution in [2.75, 3.05) is 19.0 Å². The standard InChI is InChI=1S/C13H24ClNO2/c1-13(2,3)17-12(16)15-9-5-7-11(10-15)6-4-8-14/h11H,4-10H2,1-3H3/t11-/m1/s1. The Kier molecular flexibility index (Phi) is 5.57. The van der Waals surface area contributed by atoms with Crippen molar-refractivity contribution in [3.63, 3.8) is 0 Å². The molecule has 17 heavy (non-hydrogen) atoms. The molecular formula is C13H24ClNO2. The van der Waals surface area contributed by atoms with E-state index in [0.717, 1.165) is 32.4 Å². The van der Waals surface area contributed by atoms with Gasteiger partial charge in [0.1, 0.15) is 5.60 Å². The molecule has 0 bridgehead atoms. The SMILES string of the molecule is CC(C)(C)OC(=O)N1CCC[C@@H](CCCCl)C1. The number of carbonyl (C=O) groups excluding carboxylic acids is 1. The van der Waals surface area contributed by atoms with Crippen molar-refractivity contribution in [1.82, 2.24) is 4.90 Å². The number of hydrogen-bond donors (Lipinski definition) is 0. The maximum absolute atomic E-state index is 11.9. The van der Waals surface area contributed by atoms with Crippen LogP contribution < -0.4 is 0 Å². The van der Waals surface area contributed by atoms with Gasteiger partial charge in [-0.15, -0.1) is 11.6 Å². The van der Waals surface area contributed by atoms with E-state index < -0.39 is 5.60 Å². The summed E-state index contributed by atoms with van der Waals surface area (Å²) in [6, 6.07) is 0. The molecule has 4 heteroatoms. The number of likely N-dealkylation sites (tertiary alicyclic amines) is 1. The summed E-state index contributed by atoms with van der Waals surface area (Å²) in [5.41, 5.74) is -0.403. The zero-order valence-electron chi connectivity index (χ0n) is 11.2. The number of amides is 1. The van der Waals surface area contributed by atoms with Crippen LogP contribution in [0.2, 0.25) is 0 Å². The largest absolute Gasteiger partial charge is 0.444 e. The van der Waals surface area contributed by atoms with E-state index in [0.29, 0.717) is 11.8 Å². The Morgan fingerprint density at radius 3 is 2.76 bits per heavy atom. The van der Waals surface area contributed by atoms with Crippen LogP contribution in [-0.4, -0.2) is 35.6 Å². The van der Waals surface area contributed by atoms with Gasteiger partial charge in [0.15, 0.2) is 0 Å². The van der Waals surface area contributed by atoms with Gasteiger partial charge in [-0.25, -0.2) is 4.79 Å². The molecule has 0 radical (unpaired) electrons. The number of carbonyl (C=O) groups is 1. The highest BCUT2D eigenvalue weighted by atomic mass is 35.5. The molecular weight excluding hydrogens is 238 g/mol. The Morgan fingerprint density at radius 1 is 1.47 bits per heavy atom. The first-order chi connectivity index (χ1) is 7.92. The summed E-state index contributed by atoms with van der Waals surface area (Å²) in [7, 11) is 0. The summed E-state index contributed by atoms with van der Waals surface area (Å²) in [5, 5.41) is 0. The van der Waals surface area contributed by atoms with Crippen LogP contribution in [0.5, 0.6) is 0 Å². The molecule has 100 valence electrons. The number of alkyl halides is 1. The smallest absolute Gasteiger partial charge is 0.410 e. The van der Waals surface area contributed by atoms with E-state index in [1.165, 1.54) is 6.42 Å². The molecule has 0 spiro atoms. The minimum Gasteiger partial charge on any atom is -0.444 e. The van der Waals surface area contributed by atoms with Crippen molar-refractivity contribution in [2.45, 2.75) is 52.1 Å². The van der Waals surface area contributed by atoms with Gasteiger partial charge in [-0.3, -0.25) is 0 Å². The quantitative estimate of drug-likeness (QED) is 0.726. The van der Waals surface area contributed by atoms with Gasteiger partial charge in [0.05, 0.1) is 0 Å². The average Bonchev–Trinajstić information content (AvgIpc) is 2.24. The van der Waals surface area contributed by atoms with Crippen LogP contribution >= 0.6 is 11.6 Å². The first-order valence-electron chi connectivity index (χ1n) is 6.46. The van der Waals surface area contributed by atoms with E-state index in [4.69, 9.17) is 16.3 Å². The fourth-order valence-corrected chi connectivity index (χ4v) is 2.31. The van der Waals surface area contributed by atoms with E-state index in [9.17, 15) is 4.79 Å². The van der Waals surface area contributed by atoms with Gasteiger partial charge in [-0.1, -0.05) is 0 Å². The number of halogens is 1. The van der Waals surface area contributed by atoms with Gasteiger partial charge in [0.2, 0.25) is 0 Å². The number of ether oxygens (including phenoxy) is 1. The molecule has 1 aliphatic heterocycles. The second kappa shape index (κ2) is 6.48. The Balaban J connectivity index is 2.40. The first kappa shape index (κ1) is 14.6. The van der Waals surface area contributed by atoms with Gasteiger partial charge >= 0.3 is 6.09 Å². The number of rotatable bonds is 3. The molecule has 1 atom stereocenters. The van der Waals surface area contributed by atoms with Crippen LogP contribution in [-0.2, 0) is 4.74 Å². The summed E-state index contributed by atoms with van der Waals surface area (Å²) < 4.78 is 5.39. The number of hydrogen-bond acceptors (Lipinski definition) is 2. The fraction of sp³-hybridized carbons (Fsp3) is 0.923. The average molecular weight is 262 g/mol. The van der Waals surface area contributed by atoms with E-state index in [2.05, 4.69) is 0 Å². The lowest BCUT2D eigenvalue weighted by Gasteiger charge is -2.34. The maximum atomic E-state index is 11.9. The van der Waals surface area contributed by atoms with Crippen molar-refractivity contribution in [2.24, 2.45) is 5.92 Å². The van der Waals surface area contributed by atoms with Gasteiger partial charge in [-0.05, 0) is 52.4 Å². The van der Waals surface area contributed by atoms with Crippen molar-refractivity contribution in [3.8, 4) is 0 Å². The highest BCUT2D eigenvalue weighted by molar-refractivity contribution is 6.17. The van der Waals surface area contributed by atoms with Crippen LogP contribution in [0.15, 0.2) is 0 Å². The Morgan fingerprint density at radius 2 is 2.18 bits per heavy atom. The van der Waals surface area contributed by atoms with Crippen molar-refractivity contribution >= 4 is 17.7 Å². The highest BCUT2D eigenvalue weighted by Gasteiger charge is 2.27. The van der Waals surface area contributed by atoms with Gasteiger partial charge in [-0.2, -0.15) is 0 Å². The van der Waals surface area contributed by atoms with Crippen molar-refractivity contribution in [3.05, 3.63) is 0 Å². The normalized spacial score (nSPS) is 21.4. The molecule has 0 aromatic rings. The Labute approximate surface area is 109 Å². The molecule has 3 nitrogen and oxygen atoms in total. The molecule has 0 saturated carbocycles. The van der Waals surface area contributed by atoms with Crippen LogP contribution in [0.3, 0.4) is 0 Å². The monoisotopic (exact) mass is 261 g/mol. The number of nitrogens with zero attached hydrogens (tertiary/aromatic N) is 1. The maximum Gasteiger partial charge on any atom is 0.410 e. The molecule has 0 aromatic heterocycles. The third-order valence-electron chi connectivity index (χ3n) is 2.92. The lowest BCUT2D eigenvalue weighted by Crippen LogP contribution is -2.42. The van der Waals surface area contributed by atoms with Crippen LogP contribution in [0.25, 0.3) is 0 Å². The topological polar surface area (TPSA) is 29.5 Å². The third-order valence-corrected chi connectivity index (χ3v) is 3.18.